The van der Waals surface area contributed by atoms with Crippen molar-refractivity contribution in [2.75, 3.05) is 12.3 Å². The van der Waals surface area contributed by atoms with E-state index in [-0.39, 0.29) is 10.3 Å². The number of nitrogen functional groups attached to an aromatic ring is 1. The van der Waals surface area contributed by atoms with Crippen LogP contribution in [0.3, 0.4) is 0 Å². The zero-order valence-corrected chi connectivity index (χ0v) is 12.5. The van der Waals surface area contributed by atoms with Gasteiger partial charge in [0.25, 0.3) is 0 Å². The molecule has 2 rings (SSSR count). The van der Waals surface area contributed by atoms with Gasteiger partial charge in [0.1, 0.15) is 0 Å². The lowest BCUT2D eigenvalue weighted by atomic mass is 9.93. The van der Waals surface area contributed by atoms with E-state index in [1.54, 1.807) is 19.1 Å². The molecule has 0 radical (unpaired) electrons. The van der Waals surface area contributed by atoms with Crippen LogP contribution in [0.15, 0.2) is 23.1 Å². The summed E-state index contributed by atoms with van der Waals surface area (Å²) in [4.78, 5) is 0.284. The Balaban J connectivity index is 2.17. The molecule has 5 heteroatoms. The fourth-order valence-corrected chi connectivity index (χ4v) is 3.76. The Bertz CT molecular complexity index is 575. The second kappa shape index (κ2) is 4.80. The molecule has 4 nitrogen and oxygen atoms in total. The van der Waals surface area contributed by atoms with E-state index in [9.17, 15) is 8.42 Å². The Labute approximate surface area is 115 Å². The second-order valence-corrected chi connectivity index (χ2v) is 7.60. The number of sulfonamides is 1. The zero-order chi connectivity index (χ0) is 14.3. The third kappa shape index (κ3) is 2.92. The standard InChI is InChI=1S/C14H22N2O2S/c1-10(2)14(6-7-14)9-16-19(17,18)13-8-12(15)5-4-11(13)3/h4-5,8,10,16H,6-7,9,15H2,1-3H3. The summed E-state index contributed by atoms with van der Waals surface area (Å²) in [7, 11) is -3.47. The Kier molecular flexibility index (Phi) is 3.62. The molecule has 106 valence electrons. The normalized spacial score (nSPS) is 17.7. The van der Waals surface area contributed by atoms with Crippen molar-refractivity contribution in [2.24, 2.45) is 11.3 Å². The molecule has 0 heterocycles. The van der Waals surface area contributed by atoms with E-state index in [1.165, 1.54) is 6.07 Å². The average Bonchev–Trinajstić information content (AvgIpc) is 3.11. The summed E-state index contributed by atoms with van der Waals surface area (Å²) in [5.74, 6) is 0.497. The highest BCUT2D eigenvalue weighted by atomic mass is 32.2. The first kappa shape index (κ1) is 14.3. The number of benzene rings is 1. The van der Waals surface area contributed by atoms with E-state index in [4.69, 9.17) is 5.73 Å². The lowest BCUT2D eigenvalue weighted by molar-refractivity contribution is 0.357. The minimum absolute atomic E-state index is 0.154. The molecule has 0 aliphatic heterocycles. The molecule has 0 aromatic heterocycles. The van der Waals surface area contributed by atoms with Crippen LogP contribution in [0, 0.1) is 18.3 Å². The predicted octanol–water partition coefficient (Wildman–Crippen LogP) is 2.29. The van der Waals surface area contributed by atoms with Gasteiger partial charge in [0.15, 0.2) is 0 Å². The van der Waals surface area contributed by atoms with Gasteiger partial charge in [-0.3, -0.25) is 0 Å². The molecule has 1 saturated carbocycles. The summed E-state index contributed by atoms with van der Waals surface area (Å²) in [6.07, 6.45) is 2.20. The van der Waals surface area contributed by atoms with Crippen LogP contribution in [0.1, 0.15) is 32.3 Å². The van der Waals surface area contributed by atoms with Crippen molar-refractivity contribution < 1.29 is 8.42 Å². The molecule has 0 amide bonds. The van der Waals surface area contributed by atoms with Crippen molar-refractivity contribution in [3.63, 3.8) is 0 Å². The SMILES string of the molecule is Cc1ccc(N)cc1S(=O)(=O)NCC1(C(C)C)CC1. The summed E-state index contributed by atoms with van der Waals surface area (Å²) in [5.41, 5.74) is 7.02. The van der Waals surface area contributed by atoms with Crippen molar-refractivity contribution in [1.29, 1.82) is 0 Å². The van der Waals surface area contributed by atoms with Gasteiger partial charge in [-0.15, -0.1) is 0 Å². The first-order chi connectivity index (χ1) is 8.77. The van der Waals surface area contributed by atoms with Crippen LogP contribution in [0.2, 0.25) is 0 Å². The van der Waals surface area contributed by atoms with Crippen LogP contribution < -0.4 is 10.5 Å². The molecule has 0 saturated heterocycles. The van der Waals surface area contributed by atoms with E-state index in [0.717, 1.165) is 18.4 Å². The Morgan fingerprint density at radius 1 is 1.37 bits per heavy atom. The first-order valence-electron chi connectivity index (χ1n) is 6.63. The Morgan fingerprint density at radius 3 is 2.53 bits per heavy atom. The molecule has 0 unspecified atom stereocenters. The highest BCUT2D eigenvalue weighted by molar-refractivity contribution is 7.89. The molecule has 19 heavy (non-hydrogen) atoms. The smallest absolute Gasteiger partial charge is 0.240 e. The van der Waals surface area contributed by atoms with E-state index < -0.39 is 10.0 Å². The average molecular weight is 282 g/mol. The maximum atomic E-state index is 12.3. The topological polar surface area (TPSA) is 72.2 Å². The van der Waals surface area contributed by atoms with Crippen LogP contribution in [0.25, 0.3) is 0 Å². The molecule has 0 atom stereocenters. The van der Waals surface area contributed by atoms with Gasteiger partial charge in [-0.05, 0) is 48.8 Å². The summed E-state index contributed by atoms with van der Waals surface area (Å²) in [5, 5.41) is 0. The van der Waals surface area contributed by atoms with E-state index >= 15 is 0 Å². The largest absolute Gasteiger partial charge is 0.399 e. The summed E-state index contributed by atoms with van der Waals surface area (Å²) < 4.78 is 27.4. The van der Waals surface area contributed by atoms with Gasteiger partial charge in [-0.25, -0.2) is 13.1 Å². The van der Waals surface area contributed by atoms with Gasteiger partial charge in [-0.2, -0.15) is 0 Å². The van der Waals surface area contributed by atoms with Crippen LogP contribution in [-0.2, 0) is 10.0 Å². The molecule has 1 aliphatic rings. The number of hydrogen-bond donors (Lipinski definition) is 2. The molecule has 1 aromatic carbocycles. The van der Waals surface area contributed by atoms with Crippen molar-refractivity contribution in [1.82, 2.24) is 4.72 Å². The zero-order valence-electron chi connectivity index (χ0n) is 11.7. The number of nitrogens with one attached hydrogen (secondary N) is 1. The van der Waals surface area contributed by atoms with Crippen LogP contribution in [0.5, 0.6) is 0 Å². The van der Waals surface area contributed by atoms with Crippen molar-refractivity contribution >= 4 is 15.7 Å². The Hall–Kier alpha value is -1.07. The summed E-state index contributed by atoms with van der Waals surface area (Å²) in [6, 6.07) is 4.97. The van der Waals surface area contributed by atoms with Crippen LogP contribution >= 0.6 is 0 Å². The molecule has 3 N–H and O–H groups in total. The van der Waals surface area contributed by atoms with Crippen molar-refractivity contribution in [3.8, 4) is 0 Å². The lowest BCUT2D eigenvalue weighted by Gasteiger charge is -2.20. The number of anilines is 1. The van der Waals surface area contributed by atoms with E-state index in [1.807, 2.05) is 0 Å². The minimum atomic E-state index is -3.47. The highest BCUT2D eigenvalue weighted by Crippen LogP contribution is 2.51. The van der Waals surface area contributed by atoms with Gasteiger partial charge in [-0.1, -0.05) is 19.9 Å². The molecular formula is C14H22N2O2S. The van der Waals surface area contributed by atoms with Gasteiger partial charge in [0.05, 0.1) is 4.90 Å². The molecule has 0 spiro atoms. The lowest BCUT2D eigenvalue weighted by Crippen LogP contribution is -2.33. The van der Waals surface area contributed by atoms with Crippen molar-refractivity contribution in [2.45, 2.75) is 38.5 Å². The number of rotatable bonds is 5. The fourth-order valence-electron chi connectivity index (χ4n) is 2.34. The number of nitrogens with two attached hydrogens (primary N) is 1. The molecular weight excluding hydrogens is 260 g/mol. The van der Waals surface area contributed by atoms with Gasteiger partial charge < -0.3 is 5.73 Å². The van der Waals surface area contributed by atoms with Gasteiger partial charge >= 0.3 is 0 Å². The Morgan fingerprint density at radius 2 is 2.00 bits per heavy atom. The predicted molar refractivity (Wildman–Crippen MR) is 77.3 cm³/mol. The summed E-state index contributed by atoms with van der Waals surface area (Å²) >= 11 is 0. The quantitative estimate of drug-likeness (QED) is 0.814. The van der Waals surface area contributed by atoms with Crippen LogP contribution in [-0.4, -0.2) is 15.0 Å². The summed E-state index contributed by atoms with van der Waals surface area (Å²) in [6.45, 7) is 6.59. The number of hydrogen-bond acceptors (Lipinski definition) is 3. The van der Waals surface area contributed by atoms with Gasteiger partial charge in [0.2, 0.25) is 10.0 Å². The minimum Gasteiger partial charge on any atom is -0.399 e. The number of aryl methyl sites for hydroxylation is 1. The van der Waals surface area contributed by atoms with E-state index in [2.05, 4.69) is 18.6 Å². The van der Waals surface area contributed by atoms with Gasteiger partial charge in [0, 0.05) is 12.2 Å². The molecule has 1 fully saturated rings. The molecule has 1 aliphatic carbocycles. The van der Waals surface area contributed by atoms with E-state index in [0.29, 0.717) is 18.2 Å². The first-order valence-corrected chi connectivity index (χ1v) is 8.11. The monoisotopic (exact) mass is 282 g/mol. The van der Waals surface area contributed by atoms with Crippen LogP contribution in [0.4, 0.5) is 5.69 Å². The molecule has 1 aromatic rings. The maximum Gasteiger partial charge on any atom is 0.240 e. The third-order valence-corrected chi connectivity index (χ3v) is 5.78. The third-order valence-electron chi connectivity index (χ3n) is 4.23. The maximum absolute atomic E-state index is 12.3. The second-order valence-electron chi connectivity index (χ2n) is 5.87. The fraction of sp³-hybridized carbons (Fsp3) is 0.571. The molecule has 0 bridgehead atoms. The van der Waals surface area contributed by atoms with Crippen molar-refractivity contribution in [3.05, 3.63) is 23.8 Å². The highest BCUT2D eigenvalue weighted by Gasteiger charge is 2.45.